The van der Waals surface area contributed by atoms with E-state index in [-0.39, 0.29) is 0 Å². The van der Waals surface area contributed by atoms with Crippen molar-refractivity contribution in [2.24, 2.45) is 40.9 Å². The summed E-state index contributed by atoms with van der Waals surface area (Å²) in [5, 5.41) is 0. The van der Waals surface area contributed by atoms with Crippen molar-refractivity contribution in [3.63, 3.8) is 0 Å². The molecule has 4 aliphatic carbocycles. The van der Waals surface area contributed by atoms with Crippen molar-refractivity contribution in [1.29, 1.82) is 0 Å². The van der Waals surface area contributed by atoms with Crippen molar-refractivity contribution in [3.8, 4) is 0 Å². The third kappa shape index (κ3) is 3.52. The van der Waals surface area contributed by atoms with Gasteiger partial charge in [0.1, 0.15) is 0 Å². The molecule has 0 aliphatic heterocycles. The molecular formula is C23H44. The Bertz CT molecular complexity index is 346. The monoisotopic (exact) mass is 320 g/mol. The summed E-state index contributed by atoms with van der Waals surface area (Å²) < 4.78 is 0. The fourth-order valence-corrected chi connectivity index (χ4v) is 7.45. The summed E-state index contributed by atoms with van der Waals surface area (Å²) in [6.07, 6.45) is 15.6. The second-order valence-corrected chi connectivity index (χ2v) is 8.86. The summed E-state index contributed by atoms with van der Waals surface area (Å²) in [7, 11) is 0. The second kappa shape index (κ2) is 8.39. The quantitative estimate of drug-likeness (QED) is 0.428. The lowest BCUT2D eigenvalue weighted by Crippen LogP contribution is -2.50. The van der Waals surface area contributed by atoms with Gasteiger partial charge in [-0.25, -0.2) is 0 Å². The van der Waals surface area contributed by atoms with E-state index >= 15 is 0 Å². The van der Waals surface area contributed by atoms with E-state index in [1.54, 1.807) is 51.4 Å². The van der Waals surface area contributed by atoms with Crippen LogP contribution in [-0.2, 0) is 0 Å². The van der Waals surface area contributed by atoms with Crippen LogP contribution in [0.3, 0.4) is 0 Å². The molecule has 0 aromatic rings. The summed E-state index contributed by atoms with van der Waals surface area (Å²) >= 11 is 0. The SMILES string of the molecule is CC.CC.CC1CC2(C)CCCC2C2CCC3CCCCC3C12. The van der Waals surface area contributed by atoms with Crippen LogP contribution in [0, 0.1) is 40.9 Å². The molecule has 0 aromatic carbocycles. The molecule has 0 spiro atoms. The van der Waals surface area contributed by atoms with Gasteiger partial charge in [-0.2, -0.15) is 0 Å². The van der Waals surface area contributed by atoms with Crippen molar-refractivity contribution in [2.45, 2.75) is 106 Å². The Morgan fingerprint density at radius 3 is 2.17 bits per heavy atom. The molecule has 23 heavy (non-hydrogen) atoms. The van der Waals surface area contributed by atoms with Crippen LogP contribution < -0.4 is 0 Å². The lowest BCUT2D eigenvalue weighted by molar-refractivity contribution is -0.0812. The van der Waals surface area contributed by atoms with Gasteiger partial charge in [-0.1, -0.05) is 67.2 Å². The minimum atomic E-state index is 0.738. The van der Waals surface area contributed by atoms with Crippen molar-refractivity contribution >= 4 is 0 Å². The Balaban J connectivity index is 0.000000448. The molecule has 0 heteroatoms. The van der Waals surface area contributed by atoms with E-state index in [0.717, 1.165) is 40.9 Å². The number of fused-ring (bicyclic) bond motifs is 5. The molecule has 136 valence electrons. The van der Waals surface area contributed by atoms with Gasteiger partial charge in [0.15, 0.2) is 0 Å². The minimum absolute atomic E-state index is 0.738. The highest BCUT2D eigenvalue weighted by molar-refractivity contribution is 5.04. The topological polar surface area (TPSA) is 0 Å². The second-order valence-electron chi connectivity index (χ2n) is 8.86. The van der Waals surface area contributed by atoms with Crippen molar-refractivity contribution in [2.75, 3.05) is 0 Å². The summed E-state index contributed by atoms with van der Waals surface area (Å²) in [6, 6.07) is 0. The molecule has 0 nitrogen and oxygen atoms in total. The van der Waals surface area contributed by atoms with Gasteiger partial charge in [-0.15, -0.1) is 0 Å². The highest BCUT2D eigenvalue weighted by Crippen LogP contribution is 2.63. The molecule has 4 rings (SSSR count). The zero-order valence-electron chi connectivity index (χ0n) is 17.0. The van der Waals surface area contributed by atoms with Gasteiger partial charge in [0.2, 0.25) is 0 Å². The van der Waals surface area contributed by atoms with Crippen LogP contribution in [0.15, 0.2) is 0 Å². The lowest BCUT2D eigenvalue weighted by Gasteiger charge is -2.57. The van der Waals surface area contributed by atoms with Crippen LogP contribution in [0.5, 0.6) is 0 Å². The Labute approximate surface area is 147 Å². The first kappa shape index (κ1) is 19.3. The largest absolute Gasteiger partial charge is 0.0683 e. The van der Waals surface area contributed by atoms with Gasteiger partial charge in [-0.05, 0) is 79.4 Å². The normalized spacial score (nSPS) is 47.7. The molecule has 7 atom stereocenters. The van der Waals surface area contributed by atoms with Crippen LogP contribution in [0.4, 0.5) is 0 Å². The van der Waals surface area contributed by atoms with Gasteiger partial charge < -0.3 is 0 Å². The fraction of sp³-hybridized carbons (Fsp3) is 1.00. The molecule has 0 aromatic heterocycles. The van der Waals surface area contributed by atoms with Gasteiger partial charge >= 0.3 is 0 Å². The van der Waals surface area contributed by atoms with Crippen LogP contribution in [0.2, 0.25) is 0 Å². The first-order chi connectivity index (χ1) is 11.2. The summed E-state index contributed by atoms with van der Waals surface area (Å²) in [6.45, 7) is 13.3. The molecule has 0 radical (unpaired) electrons. The molecule has 4 fully saturated rings. The van der Waals surface area contributed by atoms with Gasteiger partial charge in [-0.3, -0.25) is 0 Å². The molecule has 7 unspecified atom stereocenters. The Hall–Kier alpha value is 0. The van der Waals surface area contributed by atoms with E-state index < -0.39 is 0 Å². The third-order valence-corrected chi connectivity index (χ3v) is 7.95. The van der Waals surface area contributed by atoms with E-state index in [0.29, 0.717) is 0 Å². The predicted molar refractivity (Wildman–Crippen MR) is 104 cm³/mol. The number of hydrogen-bond acceptors (Lipinski definition) is 0. The van der Waals surface area contributed by atoms with Gasteiger partial charge in [0, 0.05) is 0 Å². The predicted octanol–water partition coefficient (Wildman–Crippen LogP) is 7.72. The Kier molecular flexibility index (Phi) is 7.05. The van der Waals surface area contributed by atoms with E-state index in [2.05, 4.69) is 13.8 Å². The maximum Gasteiger partial charge on any atom is -0.0292 e. The zero-order valence-corrected chi connectivity index (χ0v) is 17.0. The average Bonchev–Trinajstić information content (AvgIpc) is 2.99. The van der Waals surface area contributed by atoms with Crippen LogP contribution >= 0.6 is 0 Å². The number of hydrogen-bond donors (Lipinski definition) is 0. The van der Waals surface area contributed by atoms with E-state index in [1.807, 2.05) is 27.7 Å². The molecule has 4 saturated carbocycles. The zero-order chi connectivity index (χ0) is 17.0. The first-order valence-electron chi connectivity index (χ1n) is 11.2. The molecular weight excluding hydrogens is 276 g/mol. The van der Waals surface area contributed by atoms with Crippen molar-refractivity contribution < 1.29 is 0 Å². The minimum Gasteiger partial charge on any atom is -0.0683 e. The summed E-state index contributed by atoms with van der Waals surface area (Å²) in [5.74, 6) is 6.63. The van der Waals surface area contributed by atoms with E-state index in [9.17, 15) is 0 Å². The molecule has 0 saturated heterocycles. The standard InChI is InChI=1S/C19H32.2C2H6/c1-13-12-19(2)11-5-8-17(19)16-10-9-14-6-3-4-7-15(14)18(13)16;2*1-2/h13-18H,3-12H2,1-2H3;2*1-2H3. The van der Waals surface area contributed by atoms with Crippen LogP contribution in [0.1, 0.15) is 106 Å². The molecule has 4 aliphatic rings. The smallest absolute Gasteiger partial charge is 0.0292 e. The Morgan fingerprint density at radius 2 is 1.43 bits per heavy atom. The first-order valence-corrected chi connectivity index (χ1v) is 11.2. The third-order valence-electron chi connectivity index (χ3n) is 7.95. The highest BCUT2D eigenvalue weighted by Gasteiger charge is 2.55. The Morgan fingerprint density at radius 1 is 0.739 bits per heavy atom. The van der Waals surface area contributed by atoms with Gasteiger partial charge in [0.25, 0.3) is 0 Å². The maximum atomic E-state index is 2.64. The average molecular weight is 321 g/mol. The van der Waals surface area contributed by atoms with Crippen LogP contribution in [-0.4, -0.2) is 0 Å². The highest BCUT2D eigenvalue weighted by atomic mass is 14.6. The van der Waals surface area contributed by atoms with E-state index in [1.165, 1.54) is 12.8 Å². The van der Waals surface area contributed by atoms with E-state index in [4.69, 9.17) is 0 Å². The lowest BCUT2D eigenvalue weighted by atomic mass is 9.48. The molecule has 0 heterocycles. The summed E-state index contributed by atoms with van der Waals surface area (Å²) in [4.78, 5) is 0. The molecule has 0 N–H and O–H groups in total. The van der Waals surface area contributed by atoms with Crippen molar-refractivity contribution in [3.05, 3.63) is 0 Å². The molecule has 0 bridgehead atoms. The van der Waals surface area contributed by atoms with Gasteiger partial charge in [0.05, 0.1) is 0 Å². The van der Waals surface area contributed by atoms with Crippen molar-refractivity contribution in [1.82, 2.24) is 0 Å². The number of rotatable bonds is 0. The maximum absolute atomic E-state index is 2.64. The molecule has 0 amide bonds. The fourth-order valence-electron chi connectivity index (χ4n) is 7.45. The van der Waals surface area contributed by atoms with Crippen LogP contribution in [0.25, 0.3) is 0 Å². The summed E-state index contributed by atoms with van der Waals surface area (Å²) in [5.41, 5.74) is 0.738.